The summed E-state index contributed by atoms with van der Waals surface area (Å²) in [5.74, 6) is 0.150. The predicted molar refractivity (Wildman–Crippen MR) is 93.4 cm³/mol. The molecule has 24 heavy (non-hydrogen) atoms. The molecule has 1 amide bonds. The van der Waals surface area contributed by atoms with Gasteiger partial charge in [-0.1, -0.05) is 0 Å². The summed E-state index contributed by atoms with van der Waals surface area (Å²) in [6.45, 7) is 1.80. The fourth-order valence-corrected chi connectivity index (χ4v) is 2.41. The van der Waals surface area contributed by atoms with Crippen molar-refractivity contribution in [1.82, 2.24) is 19.3 Å². The van der Waals surface area contributed by atoms with Gasteiger partial charge in [-0.3, -0.25) is 9.59 Å². The maximum absolute atomic E-state index is 12.3. The van der Waals surface area contributed by atoms with Crippen LogP contribution in [0.25, 0.3) is 5.82 Å². The maximum atomic E-state index is 12.3. The molecule has 122 valence electrons. The summed E-state index contributed by atoms with van der Waals surface area (Å²) >= 11 is 3.32. The lowest BCUT2D eigenvalue weighted by atomic mass is 10.2. The van der Waals surface area contributed by atoms with Crippen molar-refractivity contribution >= 4 is 27.5 Å². The van der Waals surface area contributed by atoms with Crippen LogP contribution in [0.4, 0.5) is 5.69 Å². The molecule has 0 aliphatic carbocycles. The Morgan fingerprint density at radius 2 is 2.00 bits per heavy atom. The SMILES string of the molecule is Cc1ccc(C(=O)Nc2ccc(-n3cc(Br)cn3)nc2)c(=O)n1C. The van der Waals surface area contributed by atoms with Crippen LogP contribution in [-0.4, -0.2) is 25.2 Å². The molecule has 3 aromatic heterocycles. The van der Waals surface area contributed by atoms with Crippen molar-refractivity contribution < 1.29 is 4.79 Å². The van der Waals surface area contributed by atoms with Crippen LogP contribution in [-0.2, 0) is 7.05 Å². The Balaban J connectivity index is 1.80. The molecule has 7 nitrogen and oxygen atoms in total. The molecule has 3 rings (SSSR count). The number of carbonyl (C=O) groups excluding carboxylic acids is 1. The fraction of sp³-hybridized carbons (Fsp3) is 0.125. The first-order valence-electron chi connectivity index (χ1n) is 7.10. The predicted octanol–water partition coefficient (Wildman–Crippen LogP) is 2.29. The normalized spacial score (nSPS) is 10.6. The standard InChI is InChI=1S/C16H14BrN5O2/c1-10-3-5-13(16(24)21(10)2)15(23)20-12-4-6-14(18-8-12)22-9-11(17)7-19-22/h3-9H,1-2H3,(H,20,23). The van der Waals surface area contributed by atoms with E-state index in [-0.39, 0.29) is 11.1 Å². The number of amides is 1. The van der Waals surface area contributed by atoms with Crippen molar-refractivity contribution in [3.63, 3.8) is 0 Å². The Bertz CT molecular complexity index is 959. The van der Waals surface area contributed by atoms with Gasteiger partial charge in [0.05, 0.1) is 22.6 Å². The summed E-state index contributed by atoms with van der Waals surface area (Å²) in [4.78, 5) is 28.7. The second kappa shape index (κ2) is 6.40. The zero-order chi connectivity index (χ0) is 17.3. The van der Waals surface area contributed by atoms with Gasteiger partial charge < -0.3 is 9.88 Å². The molecular weight excluding hydrogens is 374 g/mol. The van der Waals surface area contributed by atoms with Gasteiger partial charge >= 0.3 is 0 Å². The second-order valence-electron chi connectivity index (χ2n) is 5.21. The molecule has 0 atom stereocenters. The Labute approximate surface area is 146 Å². The molecule has 0 aliphatic rings. The van der Waals surface area contributed by atoms with Gasteiger partial charge in [0.15, 0.2) is 5.82 Å². The van der Waals surface area contributed by atoms with E-state index in [2.05, 4.69) is 31.3 Å². The van der Waals surface area contributed by atoms with Gasteiger partial charge in [0.2, 0.25) is 0 Å². The van der Waals surface area contributed by atoms with Crippen LogP contribution < -0.4 is 10.9 Å². The summed E-state index contributed by atoms with van der Waals surface area (Å²) in [6, 6.07) is 6.68. The highest BCUT2D eigenvalue weighted by atomic mass is 79.9. The van der Waals surface area contributed by atoms with Crippen molar-refractivity contribution in [2.75, 3.05) is 5.32 Å². The van der Waals surface area contributed by atoms with Crippen molar-refractivity contribution in [2.45, 2.75) is 6.92 Å². The fourth-order valence-electron chi connectivity index (χ4n) is 2.12. The summed E-state index contributed by atoms with van der Waals surface area (Å²) in [5.41, 5.74) is 1.03. The van der Waals surface area contributed by atoms with Crippen molar-refractivity contribution in [3.05, 3.63) is 68.9 Å². The number of rotatable bonds is 3. The highest BCUT2D eigenvalue weighted by Gasteiger charge is 2.13. The average molecular weight is 388 g/mol. The molecule has 0 aliphatic heterocycles. The minimum Gasteiger partial charge on any atom is -0.320 e. The first kappa shape index (κ1) is 16.1. The van der Waals surface area contributed by atoms with Crippen LogP contribution in [0.15, 0.2) is 52.1 Å². The lowest BCUT2D eigenvalue weighted by molar-refractivity contribution is 0.102. The lowest BCUT2D eigenvalue weighted by Crippen LogP contribution is -2.28. The van der Waals surface area contributed by atoms with Crippen LogP contribution in [0, 0.1) is 6.92 Å². The molecule has 1 N–H and O–H groups in total. The van der Waals surface area contributed by atoms with Crippen LogP contribution in [0.2, 0.25) is 0 Å². The molecule has 0 bridgehead atoms. The Kier molecular flexibility index (Phi) is 4.30. The van der Waals surface area contributed by atoms with Gasteiger partial charge in [-0.25, -0.2) is 9.67 Å². The highest BCUT2D eigenvalue weighted by molar-refractivity contribution is 9.10. The molecule has 0 radical (unpaired) electrons. The van der Waals surface area contributed by atoms with Crippen molar-refractivity contribution in [3.8, 4) is 5.82 Å². The largest absolute Gasteiger partial charge is 0.320 e. The number of nitrogens with one attached hydrogen (secondary N) is 1. The van der Waals surface area contributed by atoms with Gasteiger partial charge in [-0.15, -0.1) is 0 Å². The first-order chi connectivity index (χ1) is 11.5. The zero-order valence-corrected chi connectivity index (χ0v) is 14.6. The number of carbonyl (C=O) groups is 1. The van der Waals surface area contributed by atoms with E-state index in [0.717, 1.165) is 10.2 Å². The Hall–Kier alpha value is -2.74. The third kappa shape index (κ3) is 3.13. The number of anilines is 1. The number of halogens is 1. The van der Waals surface area contributed by atoms with Gasteiger partial charge in [0.25, 0.3) is 11.5 Å². The molecule has 0 fully saturated rings. The van der Waals surface area contributed by atoms with E-state index < -0.39 is 5.91 Å². The summed E-state index contributed by atoms with van der Waals surface area (Å²) in [6.07, 6.45) is 4.95. The topological polar surface area (TPSA) is 81.8 Å². The summed E-state index contributed by atoms with van der Waals surface area (Å²) < 4.78 is 3.88. The van der Waals surface area contributed by atoms with Crippen molar-refractivity contribution in [1.29, 1.82) is 0 Å². The number of nitrogens with zero attached hydrogens (tertiary/aromatic N) is 4. The van der Waals surface area contributed by atoms with E-state index in [1.54, 1.807) is 49.2 Å². The maximum Gasteiger partial charge on any atom is 0.263 e. The molecule has 0 spiro atoms. The number of aromatic nitrogens is 4. The van der Waals surface area contributed by atoms with Gasteiger partial charge in [-0.05, 0) is 47.1 Å². The molecule has 3 aromatic rings. The highest BCUT2D eigenvalue weighted by Crippen LogP contribution is 2.13. The molecule has 8 heteroatoms. The van der Waals surface area contributed by atoms with Crippen LogP contribution in [0.3, 0.4) is 0 Å². The second-order valence-corrected chi connectivity index (χ2v) is 6.13. The van der Waals surface area contributed by atoms with E-state index in [4.69, 9.17) is 0 Å². The lowest BCUT2D eigenvalue weighted by Gasteiger charge is -2.08. The third-order valence-electron chi connectivity index (χ3n) is 3.59. The number of hydrogen-bond donors (Lipinski definition) is 1. The molecule has 0 unspecified atom stereocenters. The quantitative estimate of drug-likeness (QED) is 0.747. The number of aryl methyl sites for hydroxylation is 1. The molecule has 0 saturated carbocycles. The van der Waals surface area contributed by atoms with Crippen LogP contribution in [0.5, 0.6) is 0 Å². The average Bonchev–Trinajstić information content (AvgIpc) is 3.00. The smallest absolute Gasteiger partial charge is 0.263 e. The minimum atomic E-state index is -0.466. The van der Waals surface area contributed by atoms with E-state index in [0.29, 0.717) is 11.5 Å². The minimum absolute atomic E-state index is 0.0863. The molecule has 0 saturated heterocycles. The van der Waals surface area contributed by atoms with Crippen LogP contribution >= 0.6 is 15.9 Å². The van der Waals surface area contributed by atoms with E-state index in [1.165, 1.54) is 16.8 Å². The monoisotopic (exact) mass is 387 g/mol. The summed E-state index contributed by atoms with van der Waals surface area (Å²) in [7, 11) is 1.63. The van der Waals surface area contributed by atoms with Crippen LogP contribution in [0.1, 0.15) is 16.1 Å². The Morgan fingerprint density at radius 3 is 2.62 bits per heavy atom. The van der Waals surface area contributed by atoms with Gasteiger partial charge in [-0.2, -0.15) is 5.10 Å². The number of hydrogen-bond acceptors (Lipinski definition) is 4. The van der Waals surface area contributed by atoms with Gasteiger partial charge in [0.1, 0.15) is 5.56 Å². The molecule has 3 heterocycles. The Morgan fingerprint density at radius 1 is 1.21 bits per heavy atom. The first-order valence-corrected chi connectivity index (χ1v) is 7.89. The van der Waals surface area contributed by atoms with E-state index in [9.17, 15) is 9.59 Å². The number of pyridine rings is 2. The zero-order valence-electron chi connectivity index (χ0n) is 13.0. The van der Waals surface area contributed by atoms with Crippen molar-refractivity contribution in [2.24, 2.45) is 7.05 Å². The van der Waals surface area contributed by atoms with E-state index in [1.807, 2.05) is 0 Å². The van der Waals surface area contributed by atoms with Gasteiger partial charge in [0, 0.05) is 18.9 Å². The molecule has 0 aromatic carbocycles. The third-order valence-corrected chi connectivity index (χ3v) is 4.00. The summed E-state index contributed by atoms with van der Waals surface area (Å²) in [5, 5.41) is 6.81. The molecular formula is C16H14BrN5O2. The van der Waals surface area contributed by atoms with E-state index >= 15 is 0 Å².